The van der Waals surface area contributed by atoms with Crippen LogP contribution in [-0.4, -0.2) is 22.8 Å². The minimum atomic E-state index is -0.660. The van der Waals surface area contributed by atoms with Gasteiger partial charge in [-0.15, -0.1) is 0 Å². The Morgan fingerprint density at radius 2 is 0.739 bits per heavy atom. The van der Waals surface area contributed by atoms with Gasteiger partial charge in [0.25, 0.3) is 0 Å². The Morgan fingerprint density at radius 1 is 0.478 bits per heavy atom. The van der Waals surface area contributed by atoms with Crippen LogP contribution in [0.3, 0.4) is 0 Å². The zero-order valence-corrected chi connectivity index (χ0v) is 15.2. The molecule has 0 spiro atoms. The van der Waals surface area contributed by atoms with E-state index in [1.807, 2.05) is 0 Å². The summed E-state index contributed by atoms with van der Waals surface area (Å²) in [5.41, 5.74) is 0. The van der Waals surface area contributed by atoms with Crippen molar-refractivity contribution in [2.75, 3.05) is 6.61 Å². The highest BCUT2D eigenvalue weighted by Gasteiger charge is 1.97. The average Bonchev–Trinajstić information content (AvgIpc) is 2.53. The molecule has 0 aliphatic heterocycles. The van der Waals surface area contributed by atoms with Crippen molar-refractivity contribution >= 4 is 5.97 Å². The summed E-state index contributed by atoms with van der Waals surface area (Å²) in [6, 6.07) is 0. The molecule has 0 atom stereocenters. The zero-order valence-electron chi connectivity index (χ0n) is 15.2. The smallest absolute Gasteiger partial charge is 0.303 e. The second kappa shape index (κ2) is 19.5. The minimum absolute atomic E-state index is 0.336. The van der Waals surface area contributed by atoms with Crippen LogP contribution in [0.1, 0.15) is 116 Å². The molecule has 0 aliphatic rings. The quantitative estimate of drug-likeness (QED) is 0.282. The normalized spacial score (nSPS) is 11.0. The first-order valence-corrected chi connectivity index (χ1v) is 10.1. The second-order valence-electron chi connectivity index (χ2n) is 6.88. The third kappa shape index (κ3) is 21.4. The summed E-state index contributed by atoms with van der Waals surface area (Å²) in [5.74, 6) is -0.660. The van der Waals surface area contributed by atoms with Crippen LogP contribution in [0.4, 0.5) is 0 Å². The average molecular weight is 329 g/mol. The van der Waals surface area contributed by atoms with Crippen LogP contribution < -0.4 is 0 Å². The molecule has 0 saturated heterocycles. The molecular formula is C20H40O3. The van der Waals surface area contributed by atoms with Crippen molar-refractivity contribution in [1.82, 2.24) is 0 Å². The van der Waals surface area contributed by atoms with E-state index in [-0.39, 0.29) is 0 Å². The van der Waals surface area contributed by atoms with Crippen LogP contribution >= 0.6 is 0 Å². The van der Waals surface area contributed by atoms with Gasteiger partial charge in [-0.25, -0.2) is 0 Å². The topological polar surface area (TPSA) is 57.5 Å². The first-order valence-electron chi connectivity index (χ1n) is 10.1. The maximum atomic E-state index is 10.4. The number of aliphatic hydroxyl groups is 1. The monoisotopic (exact) mass is 328 g/mol. The van der Waals surface area contributed by atoms with Crippen molar-refractivity contribution < 1.29 is 15.0 Å². The largest absolute Gasteiger partial charge is 0.481 e. The number of carboxylic acids is 1. The number of unbranched alkanes of at least 4 members (excludes halogenated alkanes) is 16. The fourth-order valence-electron chi connectivity index (χ4n) is 3.04. The van der Waals surface area contributed by atoms with Crippen LogP contribution in [0.2, 0.25) is 0 Å². The highest BCUT2D eigenvalue weighted by atomic mass is 16.4. The molecule has 2 N–H and O–H groups in total. The van der Waals surface area contributed by atoms with Crippen LogP contribution in [0, 0.1) is 0 Å². The third-order valence-corrected chi connectivity index (χ3v) is 4.55. The van der Waals surface area contributed by atoms with Gasteiger partial charge in [0.1, 0.15) is 0 Å². The van der Waals surface area contributed by atoms with Crippen molar-refractivity contribution in [3.05, 3.63) is 0 Å². The molecule has 0 aliphatic carbocycles. The number of rotatable bonds is 19. The third-order valence-electron chi connectivity index (χ3n) is 4.55. The Kier molecular flexibility index (Phi) is 19.0. The number of carbonyl (C=O) groups is 1. The Labute approximate surface area is 143 Å². The van der Waals surface area contributed by atoms with E-state index >= 15 is 0 Å². The van der Waals surface area contributed by atoms with Gasteiger partial charge in [-0.2, -0.15) is 0 Å². The highest BCUT2D eigenvalue weighted by Crippen LogP contribution is 2.14. The van der Waals surface area contributed by atoms with Gasteiger partial charge in [-0.1, -0.05) is 96.3 Å². The lowest BCUT2D eigenvalue weighted by atomic mass is 10.0. The van der Waals surface area contributed by atoms with Gasteiger partial charge in [-0.3, -0.25) is 4.79 Å². The predicted octanol–water partition coefficient (Wildman–Crippen LogP) is 6.09. The van der Waals surface area contributed by atoms with E-state index in [9.17, 15) is 4.79 Å². The second-order valence-corrected chi connectivity index (χ2v) is 6.88. The maximum absolute atomic E-state index is 10.4. The Balaban J connectivity index is 2.96. The SMILES string of the molecule is O=C(O)CCCCCCCCCCCCCCCCCCCO. The lowest BCUT2D eigenvalue weighted by Crippen LogP contribution is -1.93. The molecule has 0 heterocycles. The molecule has 0 aromatic heterocycles. The first-order chi connectivity index (χ1) is 11.3. The fourth-order valence-corrected chi connectivity index (χ4v) is 3.04. The number of hydrogen-bond donors (Lipinski definition) is 2. The molecule has 0 saturated carbocycles. The van der Waals surface area contributed by atoms with E-state index < -0.39 is 5.97 Å². The molecule has 3 nitrogen and oxygen atoms in total. The van der Waals surface area contributed by atoms with Crippen LogP contribution in [-0.2, 0) is 4.79 Å². The first kappa shape index (κ1) is 22.4. The molecule has 0 bridgehead atoms. The van der Waals surface area contributed by atoms with Gasteiger partial charge < -0.3 is 10.2 Å². The van der Waals surface area contributed by atoms with Crippen molar-refractivity contribution in [3.8, 4) is 0 Å². The Morgan fingerprint density at radius 3 is 1.00 bits per heavy atom. The Hall–Kier alpha value is -0.570. The van der Waals surface area contributed by atoms with E-state index in [1.54, 1.807) is 0 Å². The van der Waals surface area contributed by atoms with Crippen molar-refractivity contribution in [2.24, 2.45) is 0 Å². The van der Waals surface area contributed by atoms with Gasteiger partial charge in [-0.05, 0) is 12.8 Å². The summed E-state index contributed by atoms with van der Waals surface area (Å²) in [6.07, 6.45) is 21.9. The fraction of sp³-hybridized carbons (Fsp3) is 0.950. The van der Waals surface area contributed by atoms with Crippen LogP contribution in [0.25, 0.3) is 0 Å². The molecule has 0 unspecified atom stereocenters. The number of aliphatic carboxylic acids is 1. The number of hydrogen-bond acceptors (Lipinski definition) is 2. The summed E-state index contributed by atoms with van der Waals surface area (Å²) >= 11 is 0. The summed E-state index contributed by atoms with van der Waals surface area (Å²) in [7, 11) is 0. The molecule has 23 heavy (non-hydrogen) atoms. The Bertz CT molecular complexity index is 241. The molecule has 3 heteroatoms. The van der Waals surface area contributed by atoms with E-state index in [2.05, 4.69) is 0 Å². The molecular weight excluding hydrogens is 288 g/mol. The van der Waals surface area contributed by atoms with Crippen LogP contribution in [0.15, 0.2) is 0 Å². The lowest BCUT2D eigenvalue weighted by molar-refractivity contribution is -0.137. The van der Waals surface area contributed by atoms with E-state index in [0.29, 0.717) is 13.0 Å². The molecule has 0 fully saturated rings. The van der Waals surface area contributed by atoms with E-state index in [0.717, 1.165) is 19.3 Å². The highest BCUT2D eigenvalue weighted by molar-refractivity contribution is 5.66. The maximum Gasteiger partial charge on any atom is 0.303 e. The lowest BCUT2D eigenvalue weighted by Gasteiger charge is -2.03. The number of aliphatic hydroxyl groups excluding tert-OH is 1. The van der Waals surface area contributed by atoms with Crippen molar-refractivity contribution in [2.45, 2.75) is 116 Å². The van der Waals surface area contributed by atoms with Gasteiger partial charge >= 0.3 is 5.97 Å². The number of carboxylic acid groups (broad SMARTS) is 1. The molecule has 138 valence electrons. The molecule has 0 rings (SSSR count). The van der Waals surface area contributed by atoms with Gasteiger partial charge in [0, 0.05) is 13.0 Å². The zero-order chi connectivity index (χ0) is 17.0. The summed E-state index contributed by atoms with van der Waals surface area (Å²) < 4.78 is 0. The van der Waals surface area contributed by atoms with Crippen molar-refractivity contribution in [1.29, 1.82) is 0 Å². The molecule has 0 aromatic rings. The summed E-state index contributed by atoms with van der Waals surface area (Å²) in [4.78, 5) is 10.4. The summed E-state index contributed by atoms with van der Waals surface area (Å²) in [5, 5.41) is 17.2. The van der Waals surface area contributed by atoms with Crippen molar-refractivity contribution in [3.63, 3.8) is 0 Å². The molecule has 0 aromatic carbocycles. The molecule has 0 radical (unpaired) electrons. The standard InChI is InChI=1S/C20H40O3/c21-19-17-15-13-11-9-7-5-3-1-2-4-6-8-10-12-14-16-18-20(22)23/h21H,1-19H2,(H,22,23). The summed E-state index contributed by atoms with van der Waals surface area (Å²) in [6.45, 7) is 0.352. The minimum Gasteiger partial charge on any atom is -0.481 e. The predicted molar refractivity (Wildman–Crippen MR) is 97.8 cm³/mol. The molecule has 0 amide bonds. The van der Waals surface area contributed by atoms with Gasteiger partial charge in [0.05, 0.1) is 0 Å². The van der Waals surface area contributed by atoms with E-state index in [4.69, 9.17) is 10.2 Å². The van der Waals surface area contributed by atoms with E-state index in [1.165, 1.54) is 89.9 Å². The van der Waals surface area contributed by atoms with Gasteiger partial charge in [0.15, 0.2) is 0 Å². The van der Waals surface area contributed by atoms with Crippen LogP contribution in [0.5, 0.6) is 0 Å². The van der Waals surface area contributed by atoms with Gasteiger partial charge in [0.2, 0.25) is 0 Å².